The third-order valence-electron chi connectivity index (χ3n) is 4.86. The average molecular weight is 366 g/mol. The topological polar surface area (TPSA) is 36.9 Å². The SMILES string of the molecule is CN=C(NCCCCOC1CCCCCC1)N(C)CCc1cccs1. The number of thiophene rings is 1. The van der Waals surface area contributed by atoms with E-state index in [4.69, 9.17) is 4.74 Å². The molecule has 0 atom stereocenters. The molecule has 0 saturated heterocycles. The Hall–Kier alpha value is -1.07. The smallest absolute Gasteiger partial charge is 0.193 e. The Morgan fingerprint density at radius 1 is 1.28 bits per heavy atom. The molecule has 1 fully saturated rings. The first kappa shape index (κ1) is 20.2. The Bertz CT molecular complexity index is 467. The summed E-state index contributed by atoms with van der Waals surface area (Å²) < 4.78 is 6.06. The number of likely N-dealkylation sites (N-methyl/N-ethyl adjacent to an activating group) is 1. The van der Waals surface area contributed by atoms with Gasteiger partial charge in [0.15, 0.2) is 5.96 Å². The highest BCUT2D eigenvalue weighted by Crippen LogP contribution is 2.19. The molecule has 1 saturated carbocycles. The Balaban J connectivity index is 1.52. The zero-order valence-electron chi connectivity index (χ0n) is 16.0. The van der Waals surface area contributed by atoms with Crippen molar-refractivity contribution in [1.29, 1.82) is 0 Å². The number of hydrogen-bond acceptors (Lipinski definition) is 3. The molecule has 0 unspecified atom stereocenters. The fourth-order valence-electron chi connectivity index (χ4n) is 3.31. The minimum absolute atomic E-state index is 0.520. The Labute approximate surface area is 157 Å². The van der Waals surface area contributed by atoms with Crippen molar-refractivity contribution in [2.75, 3.05) is 33.8 Å². The van der Waals surface area contributed by atoms with E-state index >= 15 is 0 Å². The predicted molar refractivity (Wildman–Crippen MR) is 109 cm³/mol. The van der Waals surface area contributed by atoms with E-state index < -0.39 is 0 Å². The number of hydrogen-bond donors (Lipinski definition) is 1. The highest BCUT2D eigenvalue weighted by atomic mass is 32.1. The van der Waals surface area contributed by atoms with Crippen molar-refractivity contribution in [3.8, 4) is 0 Å². The lowest BCUT2D eigenvalue weighted by Gasteiger charge is -2.22. The highest BCUT2D eigenvalue weighted by Gasteiger charge is 2.12. The van der Waals surface area contributed by atoms with Crippen molar-refractivity contribution >= 4 is 17.3 Å². The van der Waals surface area contributed by atoms with Gasteiger partial charge in [0.05, 0.1) is 6.10 Å². The second kappa shape index (κ2) is 12.3. The van der Waals surface area contributed by atoms with E-state index in [1.54, 1.807) is 0 Å². The van der Waals surface area contributed by atoms with Gasteiger partial charge in [-0.3, -0.25) is 4.99 Å². The fourth-order valence-corrected chi connectivity index (χ4v) is 4.01. The Morgan fingerprint density at radius 3 is 2.76 bits per heavy atom. The molecule has 1 aromatic rings. The summed E-state index contributed by atoms with van der Waals surface area (Å²) in [5.74, 6) is 0.987. The van der Waals surface area contributed by atoms with Crippen LogP contribution >= 0.6 is 11.3 Å². The normalized spacial score (nSPS) is 16.6. The maximum Gasteiger partial charge on any atom is 0.193 e. The van der Waals surface area contributed by atoms with Gasteiger partial charge in [-0.05, 0) is 43.6 Å². The number of guanidine groups is 1. The summed E-state index contributed by atoms with van der Waals surface area (Å²) in [5.41, 5.74) is 0. The Morgan fingerprint density at radius 2 is 2.08 bits per heavy atom. The molecule has 25 heavy (non-hydrogen) atoms. The molecule has 0 bridgehead atoms. The summed E-state index contributed by atoms with van der Waals surface area (Å²) in [6, 6.07) is 4.31. The van der Waals surface area contributed by atoms with Crippen molar-refractivity contribution in [2.24, 2.45) is 4.99 Å². The van der Waals surface area contributed by atoms with Crippen LogP contribution in [0.4, 0.5) is 0 Å². The summed E-state index contributed by atoms with van der Waals surface area (Å²) in [6.45, 7) is 2.86. The second-order valence-electron chi connectivity index (χ2n) is 6.92. The Kier molecular flexibility index (Phi) is 9.97. The van der Waals surface area contributed by atoms with E-state index in [1.165, 1.54) is 43.4 Å². The van der Waals surface area contributed by atoms with Crippen molar-refractivity contribution in [3.05, 3.63) is 22.4 Å². The van der Waals surface area contributed by atoms with E-state index in [2.05, 4.69) is 39.8 Å². The predicted octanol–water partition coefficient (Wildman–Crippen LogP) is 4.32. The lowest BCUT2D eigenvalue weighted by Crippen LogP contribution is -2.40. The summed E-state index contributed by atoms with van der Waals surface area (Å²) in [5, 5.41) is 5.61. The van der Waals surface area contributed by atoms with E-state index in [-0.39, 0.29) is 0 Å². The molecule has 1 aromatic heterocycles. The minimum Gasteiger partial charge on any atom is -0.378 e. The zero-order valence-corrected chi connectivity index (χ0v) is 16.8. The van der Waals surface area contributed by atoms with Crippen LogP contribution < -0.4 is 5.32 Å². The summed E-state index contributed by atoms with van der Waals surface area (Å²) in [4.78, 5) is 8.03. The maximum atomic E-state index is 6.06. The largest absolute Gasteiger partial charge is 0.378 e. The molecule has 1 aliphatic rings. The van der Waals surface area contributed by atoms with Crippen molar-refractivity contribution < 1.29 is 4.74 Å². The van der Waals surface area contributed by atoms with Crippen LogP contribution in [0, 0.1) is 0 Å². The molecular formula is C20H35N3OS. The van der Waals surface area contributed by atoms with Crippen molar-refractivity contribution in [2.45, 2.75) is 63.9 Å². The van der Waals surface area contributed by atoms with Crippen LogP contribution in [0.1, 0.15) is 56.2 Å². The van der Waals surface area contributed by atoms with Crippen LogP contribution in [0.5, 0.6) is 0 Å². The first-order valence-corrected chi connectivity index (χ1v) is 10.7. The van der Waals surface area contributed by atoms with Crippen LogP contribution in [-0.2, 0) is 11.2 Å². The second-order valence-corrected chi connectivity index (χ2v) is 7.95. The molecule has 4 nitrogen and oxygen atoms in total. The highest BCUT2D eigenvalue weighted by molar-refractivity contribution is 7.09. The molecule has 142 valence electrons. The molecule has 5 heteroatoms. The summed E-state index contributed by atoms with van der Waals surface area (Å²) >= 11 is 1.82. The summed E-state index contributed by atoms with van der Waals surface area (Å²) in [6.07, 6.45) is 11.9. The number of nitrogens with one attached hydrogen (secondary N) is 1. The molecule has 1 aliphatic carbocycles. The first-order chi connectivity index (χ1) is 12.3. The van der Waals surface area contributed by atoms with E-state index in [9.17, 15) is 0 Å². The number of unbranched alkanes of at least 4 members (excludes halogenated alkanes) is 1. The van der Waals surface area contributed by atoms with Gasteiger partial charge in [0.2, 0.25) is 0 Å². The fraction of sp³-hybridized carbons (Fsp3) is 0.750. The number of aliphatic imine (C=N–C) groups is 1. The van der Waals surface area contributed by atoms with E-state index in [0.29, 0.717) is 6.10 Å². The van der Waals surface area contributed by atoms with Gasteiger partial charge in [-0.2, -0.15) is 0 Å². The zero-order chi connectivity index (χ0) is 17.7. The third-order valence-corrected chi connectivity index (χ3v) is 5.79. The minimum atomic E-state index is 0.520. The third kappa shape index (κ3) is 8.23. The molecule has 0 amide bonds. The van der Waals surface area contributed by atoms with Crippen molar-refractivity contribution in [3.63, 3.8) is 0 Å². The van der Waals surface area contributed by atoms with Gasteiger partial charge in [-0.15, -0.1) is 11.3 Å². The lowest BCUT2D eigenvalue weighted by atomic mass is 10.1. The molecule has 1 heterocycles. The molecule has 0 aliphatic heterocycles. The van der Waals surface area contributed by atoms with Crippen molar-refractivity contribution in [1.82, 2.24) is 10.2 Å². The van der Waals surface area contributed by atoms with Gasteiger partial charge < -0.3 is 15.0 Å². The molecular weight excluding hydrogens is 330 g/mol. The van der Waals surface area contributed by atoms with E-state index in [0.717, 1.165) is 44.9 Å². The van der Waals surface area contributed by atoms with Gasteiger partial charge in [0, 0.05) is 38.7 Å². The van der Waals surface area contributed by atoms with Gasteiger partial charge in [0.25, 0.3) is 0 Å². The first-order valence-electron chi connectivity index (χ1n) is 9.85. The molecule has 1 N–H and O–H groups in total. The molecule has 0 aromatic carbocycles. The molecule has 2 rings (SSSR count). The monoisotopic (exact) mass is 365 g/mol. The summed E-state index contributed by atoms with van der Waals surface area (Å²) in [7, 11) is 3.97. The van der Waals surface area contributed by atoms with E-state index in [1.807, 2.05) is 18.4 Å². The molecule has 0 radical (unpaired) electrons. The van der Waals surface area contributed by atoms with Gasteiger partial charge in [0.1, 0.15) is 0 Å². The molecule has 0 spiro atoms. The number of rotatable bonds is 9. The standard InChI is InChI=1S/C20H35N3OS/c1-21-20(23(2)15-13-19-12-9-17-25-19)22-14-7-8-16-24-18-10-5-3-4-6-11-18/h9,12,17-18H,3-8,10-11,13-16H2,1-2H3,(H,21,22). The van der Waals surface area contributed by atoms with Crippen LogP contribution in [-0.4, -0.2) is 50.8 Å². The number of ether oxygens (including phenoxy) is 1. The van der Waals surface area contributed by atoms with Crippen LogP contribution in [0.2, 0.25) is 0 Å². The van der Waals surface area contributed by atoms with Gasteiger partial charge in [-0.1, -0.05) is 31.7 Å². The quantitative estimate of drug-likeness (QED) is 0.306. The van der Waals surface area contributed by atoms with Crippen LogP contribution in [0.15, 0.2) is 22.5 Å². The van der Waals surface area contributed by atoms with Crippen LogP contribution in [0.3, 0.4) is 0 Å². The lowest BCUT2D eigenvalue weighted by molar-refractivity contribution is 0.0411. The maximum absolute atomic E-state index is 6.06. The van der Waals surface area contributed by atoms with Gasteiger partial charge >= 0.3 is 0 Å². The average Bonchev–Trinajstić information content (AvgIpc) is 3.02. The number of nitrogens with zero attached hydrogens (tertiary/aromatic N) is 2. The van der Waals surface area contributed by atoms with Gasteiger partial charge in [-0.25, -0.2) is 0 Å². The van der Waals surface area contributed by atoms with Crippen LogP contribution in [0.25, 0.3) is 0 Å².